The van der Waals surface area contributed by atoms with Gasteiger partial charge in [-0.3, -0.25) is 4.79 Å². The number of carbonyl (C=O) groups is 1. The Morgan fingerprint density at radius 2 is 1.69 bits per heavy atom. The molecule has 13 heavy (non-hydrogen) atoms. The van der Waals surface area contributed by atoms with Crippen LogP contribution in [0.2, 0.25) is 0 Å². The normalized spacial score (nSPS) is 12.2. The monoisotopic (exact) mass is 184 g/mol. The molecular formula is C12H24O. The second-order valence-electron chi connectivity index (χ2n) is 5.53. The number of rotatable bonds is 5. The fraction of sp³-hybridized carbons (Fsp3) is 0.917. The molecule has 0 aliphatic rings. The average molecular weight is 184 g/mol. The molecule has 0 fully saturated rings. The fourth-order valence-corrected chi connectivity index (χ4v) is 1.09. The number of ketones is 1. The van der Waals surface area contributed by atoms with Crippen molar-refractivity contribution in [2.45, 2.75) is 60.3 Å². The van der Waals surface area contributed by atoms with E-state index in [4.69, 9.17) is 0 Å². The van der Waals surface area contributed by atoms with E-state index in [9.17, 15) is 4.79 Å². The maximum absolute atomic E-state index is 11.4. The lowest BCUT2D eigenvalue weighted by Crippen LogP contribution is -2.09. The van der Waals surface area contributed by atoms with Crippen LogP contribution >= 0.6 is 0 Å². The smallest absolute Gasteiger partial charge is 0.132 e. The van der Waals surface area contributed by atoms with E-state index in [0.29, 0.717) is 17.1 Å². The maximum Gasteiger partial charge on any atom is 0.132 e. The highest BCUT2D eigenvalue weighted by atomic mass is 16.1. The molecule has 0 N–H and O–H groups in total. The molecule has 0 aromatic carbocycles. The summed E-state index contributed by atoms with van der Waals surface area (Å²) >= 11 is 0. The van der Waals surface area contributed by atoms with Crippen LogP contribution in [-0.4, -0.2) is 5.78 Å². The lowest BCUT2D eigenvalue weighted by atomic mass is 9.88. The molecule has 78 valence electrons. The summed E-state index contributed by atoms with van der Waals surface area (Å²) in [4.78, 5) is 11.4. The topological polar surface area (TPSA) is 17.1 Å². The van der Waals surface area contributed by atoms with Gasteiger partial charge in [0.25, 0.3) is 0 Å². The van der Waals surface area contributed by atoms with Crippen LogP contribution < -0.4 is 0 Å². The van der Waals surface area contributed by atoms with Crippen molar-refractivity contribution in [2.24, 2.45) is 11.3 Å². The molecule has 0 aliphatic carbocycles. The van der Waals surface area contributed by atoms with Crippen molar-refractivity contribution in [2.75, 3.05) is 0 Å². The van der Waals surface area contributed by atoms with Gasteiger partial charge in [0.1, 0.15) is 5.78 Å². The van der Waals surface area contributed by atoms with E-state index in [-0.39, 0.29) is 0 Å². The van der Waals surface area contributed by atoms with Gasteiger partial charge in [0.05, 0.1) is 0 Å². The first kappa shape index (κ1) is 12.7. The molecule has 0 heterocycles. The quantitative estimate of drug-likeness (QED) is 0.635. The van der Waals surface area contributed by atoms with Crippen LogP contribution in [-0.2, 0) is 4.79 Å². The minimum Gasteiger partial charge on any atom is -0.300 e. The van der Waals surface area contributed by atoms with Crippen LogP contribution in [0.4, 0.5) is 0 Å². The molecule has 0 saturated carbocycles. The molecule has 0 unspecified atom stereocenters. The van der Waals surface area contributed by atoms with Gasteiger partial charge in [-0.1, -0.05) is 34.6 Å². The Kier molecular flexibility index (Phi) is 5.27. The predicted molar refractivity (Wildman–Crippen MR) is 57.8 cm³/mol. The molecule has 0 amide bonds. The van der Waals surface area contributed by atoms with Gasteiger partial charge in [0, 0.05) is 12.8 Å². The van der Waals surface area contributed by atoms with Crippen molar-refractivity contribution in [3.63, 3.8) is 0 Å². The summed E-state index contributed by atoms with van der Waals surface area (Å²) in [6.45, 7) is 10.9. The molecule has 1 nitrogen and oxygen atoms in total. The summed E-state index contributed by atoms with van der Waals surface area (Å²) in [5.74, 6) is 1.09. The molecular weight excluding hydrogens is 160 g/mol. The highest BCUT2D eigenvalue weighted by Gasteiger charge is 2.12. The number of carbonyl (C=O) groups excluding carboxylic acids is 1. The highest BCUT2D eigenvalue weighted by Crippen LogP contribution is 2.21. The standard InChI is InChI=1S/C12H24O/c1-10(2)6-7-11(13)8-9-12(3,4)5/h10H,6-9H2,1-5H3. The van der Waals surface area contributed by atoms with E-state index < -0.39 is 0 Å². The average Bonchev–Trinajstić information content (AvgIpc) is 1.95. The van der Waals surface area contributed by atoms with Gasteiger partial charge >= 0.3 is 0 Å². The molecule has 0 atom stereocenters. The minimum atomic E-state index is 0.299. The van der Waals surface area contributed by atoms with Crippen molar-refractivity contribution < 1.29 is 4.79 Å². The Hall–Kier alpha value is -0.330. The van der Waals surface area contributed by atoms with Crippen LogP contribution in [0.25, 0.3) is 0 Å². The first-order chi connectivity index (χ1) is 5.81. The summed E-state index contributed by atoms with van der Waals surface area (Å²) in [6, 6.07) is 0. The molecule has 0 aromatic heterocycles. The Morgan fingerprint density at radius 3 is 2.08 bits per heavy atom. The zero-order valence-corrected chi connectivity index (χ0v) is 9.81. The van der Waals surface area contributed by atoms with Gasteiger partial charge in [-0.15, -0.1) is 0 Å². The van der Waals surface area contributed by atoms with E-state index in [2.05, 4.69) is 34.6 Å². The van der Waals surface area contributed by atoms with Gasteiger partial charge in [-0.25, -0.2) is 0 Å². The van der Waals surface area contributed by atoms with Crippen LogP contribution in [0.5, 0.6) is 0 Å². The Labute approximate surface area is 82.9 Å². The summed E-state index contributed by atoms with van der Waals surface area (Å²) in [6.07, 6.45) is 3.59. The maximum atomic E-state index is 11.4. The predicted octanol–water partition coefficient (Wildman–Crippen LogP) is 3.82. The number of hydrogen-bond donors (Lipinski definition) is 0. The van der Waals surface area contributed by atoms with Crippen molar-refractivity contribution in [1.82, 2.24) is 0 Å². The van der Waals surface area contributed by atoms with E-state index in [1.54, 1.807) is 0 Å². The zero-order valence-electron chi connectivity index (χ0n) is 9.81. The van der Waals surface area contributed by atoms with Crippen LogP contribution in [0, 0.1) is 11.3 Å². The third-order valence-electron chi connectivity index (χ3n) is 2.15. The molecule has 0 saturated heterocycles. The number of hydrogen-bond acceptors (Lipinski definition) is 1. The van der Waals surface area contributed by atoms with Crippen LogP contribution in [0.3, 0.4) is 0 Å². The van der Waals surface area contributed by atoms with E-state index in [1.165, 1.54) is 0 Å². The van der Waals surface area contributed by atoms with Crippen molar-refractivity contribution in [3.05, 3.63) is 0 Å². The summed E-state index contributed by atoms with van der Waals surface area (Å²) < 4.78 is 0. The van der Waals surface area contributed by atoms with Crippen molar-refractivity contribution in [3.8, 4) is 0 Å². The lowest BCUT2D eigenvalue weighted by molar-refractivity contribution is -0.119. The molecule has 0 rings (SSSR count). The van der Waals surface area contributed by atoms with Gasteiger partial charge in [0.2, 0.25) is 0 Å². The van der Waals surface area contributed by atoms with Gasteiger partial charge in [-0.2, -0.15) is 0 Å². The van der Waals surface area contributed by atoms with Crippen LogP contribution in [0.1, 0.15) is 60.3 Å². The SMILES string of the molecule is CC(C)CCC(=O)CCC(C)(C)C. The fourth-order valence-electron chi connectivity index (χ4n) is 1.09. The molecule has 0 spiro atoms. The molecule has 0 aliphatic heterocycles. The Morgan fingerprint density at radius 1 is 1.15 bits per heavy atom. The Bertz CT molecular complexity index is 151. The first-order valence-corrected chi connectivity index (χ1v) is 5.33. The molecule has 0 bridgehead atoms. The minimum absolute atomic E-state index is 0.299. The zero-order chi connectivity index (χ0) is 10.5. The van der Waals surface area contributed by atoms with Crippen LogP contribution in [0.15, 0.2) is 0 Å². The second kappa shape index (κ2) is 5.41. The summed E-state index contributed by atoms with van der Waals surface area (Å²) in [7, 11) is 0. The van der Waals surface area contributed by atoms with Crippen molar-refractivity contribution >= 4 is 5.78 Å². The summed E-state index contributed by atoms with van der Waals surface area (Å²) in [5, 5.41) is 0. The van der Waals surface area contributed by atoms with E-state index in [1.807, 2.05) is 0 Å². The van der Waals surface area contributed by atoms with E-state index in [0.717, 1.165) is 25.7 Å². The lowest BCUT2D eigenvalue weighted by Gasteiger charge is -2.17. The molecule has 0 aromatic rings. The molecule has 1 heteroatoms. The van der Waals surface area contributed by atoms with Gasteiger partial charge in [-0.05, 0) is 24.2 Å². The third kappa shape index (κ3) is 9.59. The largest absolute Gasteiger partial charge is 0.300 e. The second-order valence-corrected chi connectivity index (χ2v) is 5.53. The summed E-state index contributed by atoms with van der Waals surface area (Å²) in [5.41, 5.74) is 0.299. The van der Waals surface area contributed by atoms with E-state index >= 15 is 0 Å². The third-order valence-corrected chi connectivity index (χ3v) is 2.15. The highest BCUT2D eigenvalue weighted by molar-refractivity contribution is 5.78. The molecule has 0 radical (unpaired) electrons. The first-order valence-electron chi connectivity index (χ1n) is 5.33. The van der Waals surface area contributed by atoms with Crippen molar-refractivity contribution in [1.29, 1.82) is 0 Å². The Balaban J connectivity index is 3.53. The van der Waals surface area contributed by atoms with Gasteiger partial charge in [0.15, 0.2) is 0 Å². The van der Waals surface area contributed by atoms with Gasteiger partial charge < -0.3 is 0 Å². The number of Topliss-reactive ketones (excluding diaryl/α,β-unsaturated/α-hetero) is 1.